The highest BCUT2D eigenvalue weighted by molar-refractivity contribution is 9.10. The molecule has 98 valence electrons. The lowest BCUT2D eigenvalue weighted by Gasteiger charge is -2.27. The minimum atomic E-state index is 0.120. The molecule has 1 fully saturated rings. The van der Waals surface area contributed by atoms with Crippen LogP contribution in [0.15, 0.2) is 22.7 Å². The zero-order valence-corrected chi connectivity index (χ0v) is 12.4. The van der Waals surface area contributed by atoms with Crippen molar-refractivity contribution >= 4 is 27.5 Å². The first-order valence-electron chi connectivity index (χ1n) is 6.36. The third-order valence-electron chi connectivity index (χ3n) is 3.38. The summed E-state index contributed by atoms with van der Waals surface area (Å²) in [6.45, 7) is 5.08. The van der Waals surface area contributed by atoms with Gasteiger partial charge in [0.1, 0.15) is 0 Å². The van der Waals surface area contributed by atoms with E-state index in [1.54, 1.807) is 0 Å². The second-order valence-corrected chi connectivity index (χ2v) is 5.90. The van der Waals surface area contributed by atoms with Gasteiger partial charge in [0.25, 0.3) is 0 Å². The summed E-state index contributed by atoms with van der Waals surface area (Å²) in [5, 5.41) is 6.37. The Balaban J connectivity index is 2.02. The number of benzene rings is 1. The Morgan fingerprint density at radius 2 is 2.28 bits per heavy atom. The normalized spacial score (nSPS) is 23.7. The van der Waals surface area contributed by atoms with Crippen LogP contribution in [0.3, 0.4) is 0 Å². The number of rotatable bonds is 2. The first-order valence-corrected chi connectivity index (χ1v) is 7.16. The Hall–Kier alpha value is -0.870. The van der Waals surface area contributed by atoms with Gasteiger partial charge in [-0.2, -0.15) is 0 Å². The molecule has 1 aliphatic heterocycles. The van der Waals surface area contributed by atoms with Crippen LogP contribution in [0.5, 0.6) is 0 Å². The van der Waals surface area contributed by atoms with Crippen LogP contribution >= 0.6 is 15.9 Å². The molecule has 18 heavy (non-hydrogen) atoms. The fourth-order valence-electron chi connectivity index (χ4n) is 2.33. The molecule has 4 heteroatoms. The molecule has 2 N–H and O–H groups in total. The van der Waals surface area contributed by atoms with Crippen LogP contribution in [0.25, 0.3) is 0 Å². The van der Waals surface area contributed by atoms with Crippen LogP contribution in [-0.4, -0.2) is 18.5 Å². The lowest BCUT2D eigenvalue weighted by molar-refractivity contribution is -0.120. The first-order chi connectivity index (χ1) is 8.56. The maximum Gasteiger partial charge on any atom is 0.227 e. The quantitative estimate of drug-likeness (QED) is 0.881. The Bertz CT molecular complexity index is 447. The summed E-state index contributed by atoms with van der Waals surface area (Å²) in [4.78, 5) is 12.2. The SMILES string of the molecule is Cc1ccc(NC(=O)C2CCNC(C)C2)c(Br)c1. The molecule has 0 saturated carbocycles. The molecule has 0 spiro atoms. The molecule has 3 nitrogen and oxygen atoms in total. The van der Waals surface area contributed by atoms with Gasteiger partial charge in [-0.1, -0.05) is 6.07 Å². The molecule has 2 atom stereocenters. The Kier molecular flexibility index (Phi) is 4.40. The van der Waals surface area contributed by atoms with Gasteiger partial charge in [-0.15, -0.1) is 0 Å². The van der Waals surface area contributed by atoms with E-state index in [0.717, 1.165) is 29.5 Å². The number of nitrogens with one attached hydrogen (secondary N) is 2. The van der Waals surface area contributed by atoms with Gasteiger partial charge < -0.3 is 10.6 Å². The predicted molar refractivity (Wildman–Crippen MR) is 77.7 cm³/mol. The summed E-state index contributed by atoms with van der Waals surface area (Å²) < 4.78 is 0.942. The Labute approximate surface area is 116 Å². The molecule has 0 aliphatic carbocycles. The molecular weight excluding hydrogens is 292 g/mol. The predicted octanol–water partition coefficient (Wildman–Crippen LogP) is 3.08. The molecule has 1 heterocycles. The lowest BCUT2D eigenvalue weighted by atomic mass is 9.92. The van der Waals surface area contributed by atoms with Crippen molar-refractivity contribution in [2.45, 2.75) is 32.7 Å². The van der Waals surface area contributed by atoms with Crippen molar-refractivity contribution in [2.24, 2.45) is 5.92 Å². The maximum absolute atomic E-state index is 12.2. The summed E-state index contributed by atoms with van der Waals surface area (Å²) in [5.41, 5.74) is 2.03. The minimum absolute atomic E-state index is 0.120. The lowest BCUT2D eigenvalue weighted by Crippen LogP contribution is -2.40. The molecule has 0 bridgehead atoms. The highest BCUT2D eigenvalue weighted by Gasteiger charge is 2.24. The van der Waals surface area contributed by atoms with E-state index in [2.05, 4.69) is 33.5 Å². The van der Waals surface area contributed by atoms with Gasteiger partial charge >= 0.3 is 0 Å². The van der Waals surface area contributed by atoms with Crippen molar-refractivity contribution in [3.63, 3.8) is 0 Å². The number of amides is 1. The number of carbonyl (C=O) groups excluding carboxylic acids is 1. The van der Waals surface area contributed by atoms with E-state index in [1.807, 2.05) is 25.1 Å². The second kappa shape index (κ2) is 5.85. The van der Waals surface area contributed by atoms with Crippen molar-refractivity contribution in [3.05, 3.63) is 28.2 Å². The molecule has 1 saturated heterocycles. The second-order valence-electron chi connectivity index (χ2n) is 5.05. The third kappa shape index (κ3) is 3.33. The van der Waals surface area contributed by atoms with Crippen LogP contribution in [0.2, 0.25) is 0 Å². The molecule has 2 unspecified atom stereocenters. The molecule has 0 aromatic heterocycles. The number of anilines is 1. The molecular formula is C14H19BrN2O. The van der Waals surface area contributed by atoms with Crippen molar-refractivity contribution in [1.82, 2.24) is 5.32 Å². The van der Waals surface area contributed by atoms with E-state index in [9.17, 15) is 4.79 Å². The van der Waals surface area contributed by atoms with Gasteiger partial charge in [0.15, 0.2) is 0 Å². The first kappa shape index (κ1) is 13.6. The van der Waals surface area contributed by atoms with Crippen LogP contribution in [0, 0.1) is 12.8 Å². The van der Waals surface area contributed by atoms with Crippen molar-refractivity contribution in [2.75, 3.05) is 11.9 Å². The zero-order valence-electron chi connectivity index (χ0n) is 10.8. The average Bonchev–Trinajstić information content (AvgIpc) is 2.32. The number of piperidine rings is 1. The molecule has 1 amide bonds. The summed E-state index contributed by atoms with van der Waals surface area (Å²) in [6.07, 6.45) is 1.83. The van der Waals surface area contributed by atoms with Gasteiger partial charge in [-0.05, 0) is 66.9 Å². The van der Waals surface area contributed by atoms with Crippen molar-refractivity contribution in [3.8, 4) is 0 Å². The number of aryl methyl sites for hydroxylation is 1. The van der Waals surface area contributed by atoms with Crippen molar-refractivity contribution < 1.29 is 4.79 Å². The van der Waals surface area contributed by atoms with Gasteiger partial charge in [-0.25, -0.2) is 0 Å². The third-order valence-corrected chi connectivity index (χ3v) is 4.03. The zero-order chi connectivity index (χ0) is 13.1. The van der Waals surface area contributed by atoms with E-state index in [1.165, 1.54) is 5.56 Å². The summed E-state index contributed by atoms with van der Waals surface area (Å²) in [7, 11) is 0. The largest absolute Gasteiger partial charge is 0.325 e. The van der Waals surface area contributed by atoms with E-state index < -0.39 is 0 Å². The van der Waals surface area contributed by atoms with Gasteiger partial charge in [-0.3, -0.25) is 4.79 Å². The highest BCUT2D eigenvalue weighted by Crippen LogP contribution is 2.25. The van der Waals surface area contributed by atoms with E-state index in [4.69, 9.17) is 0 Å². The summed E-state index contributed by atoms with van der Waals surface area (Å²) >= 11 is 3.48. The topological polar surface area (TPSA) is 41.1 Å². The van der Waals surface area contributed by atoms with Crippen molar-refractivity contribution in [1.29, 1.82) is 0 Å². The highest BCUT2D eigenvalue weighted by atomic mass is 79.9. The number of hydrogen-bond acceptors (Lipinski definition) is 2. The minimum Gasteiger partial charge on any atom is -0.325 e. The van der Waals surface area contributed by atoms with E-state index in [-0.39, 0.29) is 11.8 Å². The molecule has 1 aliphatic rings. The summed E-state index contributed by atoms with van der Waals surface area (Å²) in [6, 6.07) is 6.39. The van der Waals surface area contributed by atoms with Crippen LogP contribution < -0.4 is 10.6 Å². The van der Waals surface area contributed by atoms with E-state index >= 15 is 0 Å². The molecule has 1 aromatic carbocycles. The average molecular weight is 311 g/mol. The molecule has 1 aromatic rings. The van der Waals surface area contributed by atoms with E-state index in [0.29, 0.717) is 6.04 Å². The standard InChI is InChI=1S/C14H19BrN2O/c1-9-3-4-13(12(15)7-9)17-14(18)11-5-6-16-10(2)8-11/h3-4,7,10-11,16H,5-6,8H2,1-2H3,(H,17,18). The Morgan fingerprint density at radius 3 is 2.94 bits per heavy atom. The fraction of sp³-hybridized carbons (Fsp3) is 0.500. The smallest absolute Gasteiger partial charge is 0.227 e. The van der Waals surface area contributed by atoms with Crippen LogP contribution in [0.4, 0.5) is 5.69 Å². The van der Waals surface area contributed by atoms with Gasteiger partial charge in [0.05, 0.1) is 5.69 Å². The number of carbonyl (C=O) groups is 1. The molecule has 2 rings (SSSR count). The maximum atomic E-state index is 12.2. The van der Waals surface area contributed by atoms with Gasteiger partial charge in [0, 0.05) is 16.4 Å². The summed E-state index contributed by atoms with van der Waals surface area (Å²) in [5.74, 6) is 0.252. The monoisotopic (exact) mass is 310 g/mol. The molecule has 0 radical (unpaired) electrons. The van der Waals surface area contributed by atoms with Gasteiger partial charge in [0.2, 0.25) is 5.91 Å². The number of hydrogen-bond donors (Lipinski definition) is 2. The Morgan fingerprint density at radius 1 is 1.50 bits per heavy atom. The van der Waals surface area contributed by atoms with Crippen LogP contribution in [-0.2, 0) is 4.79 Å². The van der Waals surface area contributed by atoms with Crippen LogP contribution in [0.1, 0.15) is 25.3 Å². The number of halogens is 1. The fourth-order valence-corrected chi connectivity index (χ4v) is 2.92.